The zero-order valence-electron chi connectivity index (χ0n) is 14.7. The van der Waals surface area contributed by atoms with Crippen LogP contribution in [-0.4, -0.2) is 17.1 Å². The highest BCUT2D eigenvalue weighted by molar-refractivity contribution is 5.91. The summed E-state index contributed by atoms with van der Waals surface area (Å²) < 4.78 is 20.3. The molecule has 0 saturated heterocycles. The molecule has 0 atom stereocenters. The van der Waals surface area contributed by atoms with E-state index in [0.29, 0.717) is 17.3 Å². The van der Waals surface area contributed by atoms with Crippen molar-refractivity contribution in [2.45, 2.75) is 33.7 Å². The van der Waals surface area contributed by atoms with Crippen molar-refractivity contribution in [3.63, 3.8) is 0 Å². The Morgan fingerprint density at radius 2 is 1.92 bits per heavy atom. The molecule has 1 aromatic carbocycles. The second kappa shape index (κ2) is 8.46. The number of halogens is 1. The Morgan fingerprint density at radius 1 is 1.24 bits per heavy atom. The molecule has 1 amide bonds. The van der Waals surface area contributed by atoms with E-state index in [2.05, 4.69) is 19.2 Å². The lowest BCUT2D eigenvalue weighted by Gasteiger charge is -2.15. The van der Waals surface area contributed by atoms with Gasteiger partial charge in [-0.1, -0.05) is 13.8 Å². The molecule has 1 heterocycles. The van der Waals surface area contributed by atoms with Crippen molar-refractivity contribution in [1.29, 1.82) is 0 Å². The summed E-state index contributed by atoms with van der Waals surface area (Å²) in [6, 6.07) is 6.87. The fraction of sp³-hybridized carbons (Fsp3) is 0.368. The lowest BCUT2D eigenvalue weighted by Crippen LogP contribution is -2.23. The number of hydrogen-bond donors (Lipinski definition) is 1. The van der Waals surface area contributed by atoms with Gasteiger partial charge in [0.2, 0.25) is 5.43 Å². The quantitative estimate of drug-likeness (QED) is 0.836. The Hall–Kier alpha value is -2.63. The van der Waals surface area contributed by atoms with Crippen LogP contribution >= 0.6 is 0 Å². The molecule has 0 saturated carbocycles. The molecular formula is C19H23FN2O3. The Labute approximate surface area is 146 Å². The summed E-state index contributed by atoms with van der Waals surface area (Å²) in [6.45, 7) is 6.56. The van der Waals surface area contributed by atoms with Crippen molar-refractivity contribution in [3.8, 4) is 5.75 Å². The maximum Gasteiger partial charge on any atom is 0.262 e. The summed E-state index contributed by atoms with van der Waals surface area (Å²) in [6.07, 6.45) is 2.72. The molecule has 0 bridgehead atoms. The Bertz CT molecular complexity index is 782. The average Bonchev–Trinajstić information content (AvgIpc) is 2.56. The number of aromatic nitrogens is 1. The molecule has 0 aliphatic rings. The number of anilines is 1. The first kappa shape index (κ1) is 18.7. The van der Waals surface area contributed by atoms with Gasteiger partial charge in [0.05, 0.1) is 5.69 Å². The summed E-state index contributed by atoms with van der Waals surface area (Å²) in [4.78, 5) is 24.0. The topological polar surface area (TPSA) is 60.3 Å². The molecule has 25 heavy (non-hydrogen) atoms. The number of nitrogens with one attached hydrogen (secondary N) is 1. The van der Waals surface area contributed by atoms with Gasteiger partial charge in [-0.05, 0) is 43.5 Å². The van der Waals surface area contributed by atoms with Crippen molar-refractivity contribution >= 4 is 11.6 Å². The number of hydrogen-bond acceptors (Lipinski definition) is 3. The number of aryl methyl sites for hydroxylation is 1. The van der Waals surface area contributed by atoms with Crippen LogP contribution in [-0.2, 0) is 11.3 Å². The second-order valence-electron chi connectivity index (χ2n) is 6.31. The summed E-state index contributed by atoms with van der Waals surface area (Å²) in [5, 5.41) is 2.59. The minimum atomic E-state index is -0.414. The maximum atomic E-state index is 12.9. The van der Waals surface area contributed by atoms with Gasteiger partial charge >= 0.3 is 0 Å². The third kappa shape index (κ3) is 5.45. The zero-order valence-corrected chi connectivity index (χ0v) is 14.7. The number of nitrogens with zero attached hydrogens (tertiary/aromatic N) is 1. The first-order chi connectivity index (χ1) is 11.9. The number of rotatable bonds is 7. The minimum absolute atomic E-state index is 0.181. The van der Waals surface area contributed by atoms with Crippen molar-refractivity contribution in [2.75, 3.05) is 11.9 Å². The van der Waals surface area contributed by atoms with Gasteiger partial charge in [0, 0.05) is 24.5 Å². The van der Waals surface area contributed by atoms with E-state index in [1.165, 1.54) is 30.3 Å². The molecule has 0 radical (unpaired) electrons. The predicted octanol–water partition coefficient (Wildman–Crippen LogP) is 3.36. The highest BCUT2D eigenvalue weighted by atomic mass is 19.1. The van der Waals surface area contributed by atoms with Gasteiger partial charge in [0.1, 0.15) is 5.82 Å². The van der Waals surface area contributed by atoms with Gasteiger partial charge in [-0.25, -0.2) is 4.39 Å². The zero-order chi connectivity index (χ0) is 18.4. The molecular weight excluding hydrogens is 323 g/mol. The molecule has 2 aromatic rings. The van der Waals surface area contributed by atoms with Crippen LogP contribution in [0.4, 0.5) is 10.1 Å². The van der Waals surface area contributed by atoms with Crippen LogP contribution in [0, 0.1) is 18.7 Å². The lowest BCUT2D eigenvalue weighted by atomic mass is 10.1. The summed E-state index contributed by atoms with van der Waals surface area (Å²) in [7, 11) is 0. The standard InChI is InChI=1S/C19H23FN2O3/c1-13(2)8-10-22-11-9-17(23)19(14(22)3)25-12-18(24)21-16-6-4-15(20)5-7-16/h4-7,9,11,13H,8,10,12H2,1-3H3,(H,21,24). The number of carbonyl (C=O) groups excluding carboxylic acids is 1. The fourth-order valence-corrected chi connectivity index (χ4v) is 2.34. The summed E-state index contributed by atoms with van der Waals surface area (Å²) in [5.41, 5.74) is 0.907. The Kier molecular flexibility index (Phi) is 6.33. The number of ether oxygens (including phenoxy) is 1. The lowest BCUT2D eigenvalue weighted by molar-refractivity contribution is -0.118. The molecule has 0 unspecified atom stereocenters. The van der Waals surface area contributed by atoms with Crippen molar-refractivity contribution in [3.05, 3.63) is 58.3 Å². The molecule has 134 valence electrons. The van der Waals surface area contributed by atoms with E-state index in [0.717, 1.165) is 13.0 Å². The maximum absolute atomic E-state index is 12.9. The fourth-order valence-electron chi connectivity index (χ4n) is 2.34. The summed E-state index contributed by atoms with van der Waals surface area (Å²) in [5.74, 6) is -0.0655. The number of carbonyl (C=O) groups is 1. The van der Waals surface area contributed by atoms with Crippen LogP contribution in [0.3, 0.4) is 0 Å². The van der Waals surface area contributed by atoms with Crippen LogP contribution in [0.5, 0.6) is 5.75 Å². The molecule has 0 aliphatic carbocycles. The van der Waals surface area contributed by atoms with E-state index >= 15 is 0 Å². The van der Waals surface area contributed by atoms with Gasteiger partial charge in [0.25, 0.3) is 5.91 Å². The van der Waals surface area contributed by atoms with Gasteiger partial charge in [-0.15, -0.1) is 0 Å². The molecule has 0 spiro atoms. The van der Waals surface area contributed by atoms with E-state index in [-0.39, 0.29) is 23.6 Å². The predicted molar refractivity (Wildman–Crippen MR) is 95.4 cm³/mol. The van der Waals surface area contributed by atoms with Crippen LogP contribution in [0.2, 0.25) is 0 Å². The number of pyridine rings is 1. The smallest absolute Gasteiger partial charge is 0.262 e. The Morgan fingerprint density at radius 3 is 2.56 bits per heavy atom. The third-order valence-corrected chi connectivity index (χ3v) is 3.81. The van der Waals surface area contributed by atoms with E-state index < -0.39 is 5.91 Å². The number of amides is 1. The van der Waals surface area contributed by atoms with Gasteiger partial charge in [-0.3, -0.25) is 9.59 Å². The first-order valence-corrected chi connectivity index (χ1v) is 8.25. The van der Waals surface area contributed by atoms with Crippen LogP contribution in [0.1, 0.15) is 26.0 Å². The highest BCUT2D eigenvalue weighted by Gasteiger charge is 2.11. The number of benzene rings is 1. The first-order valence-electron chi connectivity index (χ1n) is 8.25. The highest BCUT2D eigenvalue weighted by Crippen LogP contribution is 2.14. The average molecular weight is 346 g/mol. The van der Waals surface area contributed by atoms with Crippen LogP contribution < -0.4 is 15.5 Å². The van der Waals surface area contributed by atoms with E-state index in [9.17, 15) is 14.0 Å². The van der Waals surface area contributed by atoms with Gasteiger partial charge < -0.3 is 14.6 Å². The van der Waals surface area contributed by atoms with Gasteiger partial charge in [0.15, 0.2) is 12.4 Å². The molecule has 2 rings (SSSR count). The van der Waals surface area contributed by atoms with Crippen LogP contribution in [0.25, 0.3) is 0 Å². The third-order valence-electron chi connectivity index (χ3n) is 3.81. The molecule has 5 nitrogen and oxygen atoms in total. The van der Waals surface area contributed by atoms with Crippen LogP contribution in [0.15, 0.2) is 41.3 Å². The van der Waals surface area contributed by atoms with Crippen molar-refractivity contribution < 1.29 is 13.9 Å². The SMILES string of the molecule is Cc1c(OCC(=O)Nc2ccc(F)cc2)c(=O)ccn1CCC(C)C. The normalized spacial score (nSPS) is 10.8. The Balaban J connectivity index is 2.01. The molecule has 1 aromatic heterocycles. The molecule has 6 heteroatoms. The van der Waals surface area contributed by atoms with E-state index in [4.69, 9.17) is 4.74 Å². The largest absolute Gasteiger partial charge is 0.478 e. The molecule has 1 N–H and O–H groups in total. The van der Waals surface area contributed by atoms with E-state index in [1.807, 2.05) is 4.57 Å². The second-order valence-corrected chi connectivity index (χ2v) is 6.31. The monoisotopic (exact) mass is 346 g/mol. The van der Waals surface area contributed by atoms with Gasteiger partial charge in [-0.2, -0.15) is 0 Å². The molecule has 0 fully saturated rings. The van der Waals surface area contributed by atoms with Crippen molar-refractivity contribution in [2.24, 2.45) is 5.92 Å². The minimum Gasteiger partial charge on any atom is -0.478 e. The molecule has 0 aliphatic heterocycles. The van der Waals surface area contributed by atoms with E-state index in [1.54, 1.807) is 13.1 Å². The van der Waals surface area contributed by atoms with Crippen molar-refractivity contribution in [1.82, 2.24) is 4.57 Å². The summed E-state index contributed by atoms with van der Waals surface area (Å²) >= 11 is 0.